The van der Waals surface area contributed by atoms with Gasteiger partial charge in [-0.15, -0.1) is 0 Å². The number of esters is 2. The van der Waals surface area contributed by atoms with E-state index in [2.05, 4.69) is 9.15 Å². The van der Waals surface area contributed by atoms with Gasteiger partial charge in [0.2, 0.25) is 0 Å². The van der Waals surface area contributed by atoms with E-state index in [4.69, 9.17) is 0 Å². The van der Waals surface area contributed by atoms with Gasteiger partial charge in [0.15, 0.2) is 0 Å². The molecular formula is C14H4O6. The molecule has 0 spiro atoms. The number of hydrogen-bond donors (Lipinski definition) is 0. The lowest BCUT2D eigenvalue weighted by Gasteiger charge is -2.01. The highest BCUT2D eigenvalue weighted by molar-refractivity contribution is 6.29. The zero-order valence-corrected chi connectivity index (χ0v) is 9.76. The van der Waals surface area contributed by atoms with Crippen molar-refractivity contribution in [1.29, 1.82) is 0 Å². The molecule has 0 atom stereocenters. The summed E-state index contributed by atoms with van der Waals surface area (Å²) in [6.45, 7) is 0. The maximum atomic E-state index is 12.0. The summed E-state index contributed by atoms with van der Waals surface area (Å²) >= 11 is 0. The van der Waals surface area contributed by atoms with Gasteiger partial charge in [-0.2, -0.15) is 0 Å². The molecular weight excluding hydrogens is 264 g/mol. The Morgan fingerprint density at radius 1 is 0.700 bits per heavy atom. The maximum absolute atomic E-state index is 12.0. The average Bonchev–Trinajstić information content (AvgIpc) is 2.59. The van der Waals surface area contributed by atoms with Crippen LogP contribution in [0.4, 0.5) is 0 Å². The molecule has 0 aliphatic carbocycles. The van der Waals surface area contributed by atoms with E-state index >= 15 is 0 Å². The van der Waals surface area contributed by atoms with Crippen LogP contribution in [0.25, 0.3) is 21.5 Å². The lowest BCUT2D eigenvalue weighted by atomic mass is 9.95. The van der Waals surface area contributed by atoms with E-state index < -0.39 is 23.2 Å². The third-order valence-electron chi connectivity index (χ3n) is 3.40. The quantitative estimate of drug-likeness (QED) is 0.447. The zero-order chi connectivity index (χ0) is 14.0. The first-order chi connectivity index (χ1) is 9.59. The van der Waals surface area contributed by atoms with Crippen molar-refractivity contribution in [3.05, 3.63) is 56.2 Å². The summed E-state index contributed by atoms with van der Waals surface area (Å²) in [5, 5.41) is 0.592. The molecule has 1 aliphatic rings. The van der Waals surface area contributed by atoms with E-state index in [0.717, 1.165) is 0 Å². The van der Waals surface area contributed by atoms with Crippen LogP contribution in [0.1, 0.15) is 20.7 Å². The van der Waals surface area contributed by atoms with Crippen LogP contribution in [0.2, 0.25) is 0 Å². The predicted octanol–water partition coefficient (Wildman–Crippen LogP) is 1.05. The van der Waals surface area contributed by atoms with Gasteiger partial charge in [0.1, 0.15) is 0 Å². The van der Waals surface area contributed by atoms with Crippen LogP contribution in [0.5, 0.6) is 0 Å². The van der Waals surface area contributed by atoms with Crippen LogP contribution in [0.3, 0.4) is 0 Å². The highest BCUT2D eigenvalue weighted by atomic mass is 16.6. The molecule has 0 fully saturated rings. The normalized spacial score (nSPS) is 14.0. The van der Waals surface area contributed by atoms with E-state index in [0.29, 0.717) is 10.8 Å². The molecule has 6 nitrogen and oxygen atoms in total. The third kappa shape index (κ3) is 1.08. The number of hydrogen-bond acceptors (Lipinski definition) is 6. The summed E-state index contributed by atoms with van der Waals surface area (Å²) < 4.78 is 9.18. The summed E-state index contributed by atoms with van der Waals surface area (Å²) in [6.07, 6.45) is 0. The minimum absolute atomic E-state index is 0.0962. The third-order valence-corrected chi connectivity index (χ3v) is 3.40. The Balaban J connectivity index is 2.56. The van der Waals surface area contributed by atoms with Crippen LogP contribution in [0.15, 0.2) is 38.3 Å². The first-order valence-electron chi connectivity index (χ1n) is 5.71. The van der Waals surface area contributed by atoms with E-state index in [1.165, 1.54) is 0 Å². The fourth-order valence-electron chi connectivity index (χ4n) is 2.64. The first kappa shape index (κ1) is 10.9. The second-order valence-corrected chi connectivity index (χ2v) is 4.40. The number of benzene rings is 2. The number of cyclic esters (lactones) is 2. The van der Waals surface area contributed by atoms with Gasteiger partial charge in [-0.25, -0.2) is 19.2 Å². The van der Waals surface area contributed by atoms with Crippen molar-refractivity contribution in [3.63, 3.8) is 0 Å². The molecule has 0 saturated carbocycles. The smallest absolute Gasteiger partial charge is 0.347 e. The molecule has 0 N–H and O–H groups in total. The lowest BCUT2D eigenvalue weighted by Crippen LogP contribution is -2.06. The second-order valence-electron chi connectivity index (χ2n) is 4.40. The van der Waals surface area contributed by atoms with Crippen LogP contribution in [0, 0.1) is 0 Å². The highest BCUT2D eigenvalue weighted by Gasteiger charge is 2.37. The Hall–Kier alpha value is -3.02. The summed E-state index contributed by atoms with van der Waals surface area (Å²) in [5.41, 5.74) is -2.26. The van der Waals surface area contributed by atoms with E-state index in [1.807, 2.05) is 0 Å². The fourth-order valence-corrected chi connectivity index (χ4v) is 2.64. The fraction of sp³-hybridized carbons (Fsp3) is 0. The molecule has 6 heteroatoms. The molecule has 20 heavy (non-hydrogen) atoms. The number of ether oxygens (including phenoxy) is 1. The number of carbonyl (C=O) groups excluding carboxylic acids is 2. The minimum atomic E-state index is -0.950. The van der Waals surface area contributed by atoms with Gasteiger partial charge >= 0.3 is 23.2 Å². The van der Waals surface area contributed by atoms with Gasteiger partial charge in [-0.05, 0) is 10.8 Å². The number of carbonyl (C=O) groups is 2. The Labute approximate surface area is 109 Å². The molecule has 2 aromatic carbocycles. The molecule has 0 unspecified atom stereocenters. The summed E-state index contributed by atoms with van der Waals surface area (Å²) in [7, 11) is 0. The standard InChI is InChI=1S/C14H4O6/c15-11-7-5-3-1-2-4-6(5)8(12(16)19-11)10-9(7)13(17)20-14(10)18/h1-4H. The van der Waals surface area contributed by atoms with E-state index in [1.54, 1.807) is 24.3 Å². The molecule has 4 aromatic rings. The topological polar surface area (TPSA) is 90.7 Å². The van der Waals surface area contributed by atoms with E-state index in [9.17, 15) is 19.2 Å². The monoisotopic (exact) mass is 268 g/mol. The van der Waals surface area contributed by atoms with Crippen molar-refractivity contribution in [2.75, 3.05) is 0 Å². The predicted molar refractivity (Wildman–Crippen MR) is 67.2 cm³/mol. The SMILES string of the molecule is O=C1OC(=O)c2c1c1c(=O)oc(=O)c2c2ccccc12. The molecule has 96 valence electrons. The first-order valence-corrected chi connectivity index (χ1v) is 5.71. The molecule has 3 heterocycles. The van der Waals surface area contributed by atoms with Gasteiger partial charge in [-0.3, -0.25) is 0 Å². The average molecular weight is 268 g/mol. The Kier molecular flexibility index (Phi) is 1.79. The number of fused-ring (bicyclic) bond motifs is 2. The Morgan fingerprint density at radius 3 is 1.60 bits per heavy atom. The Bertz CT molecular complexity index is 962. The van der Waals surface area contributed by atoms with Crippen molar-refractivity contribution in [1.82, 2.24) is 0 Å². The van der Waals surface area contributed by atoms with Crippen LogP contribution >= 0.6 is 0 Å². The molecule has 0 amide bonds. The highest BCUT2D eigenvalue weighted by Crippen LogP contribution is 2.34. The molecule has 0 saturated heterocycles. The van der Waals surface area contributed by atoms with Gasteiger partial charge in [0.25, 0.3) is 0 Å². The summed E-state index contributed by atoms with van der Waals surface area (Å²) in [5.74, 6) is -1.86. The number of rotatable bonds is 0. The summed E-state index contributed by atoms with van der Waals surface area (Å²) in [6, 6.07) is 6.50. The van der Waals surface area contributed by atoms with Crippen LogP contribution in [-0.2, 0) is 4.74 Å². The molecule has 2 aromatic heterocycles. The largest absolute Gasteiger partial charge is 0.386 e. The molecule has 5 rings (SSSR count). The van der Waals surface area contributed by atoms with Crippen LogP contribution in [-0.4, -0.2) is 11.9 Å². The maximum Gasteiger partial charge on any atom is 0.347 e. The minimum Gasteiger partial charge on any atom is -0.386 e. The lowest BCUT2D eigenvalue weighted by molar-refractivity contribution is 0.0445. The Morgan fingerprint density at radius 2 is 1.15 bits per heavy atom. The zero-order valence-electron chi connectivity index (χ0n) is 9.76. The summed E-state index contributed by atoms with van der Waals surface area (Å²) in [4.78, 5) is 47.5. The van der Waals surface area contributed by atoms with Crippen molar-refractivity contribution < 1.29 is 18.7 Å². The van der Waals surface area contributed by atoms with Gasteiger partial charge < -0.3 is 9.15 Å². The van der Waals surface area contributed by atoms with Crippen molar-refractivity contribution in [3.8, 4) is 0 Å². The van der Waals surface area contributed by atoms with Gasteiger partial charge in [0.05, 0.1) is 21.9 Å². The van der Waals surface area contributed by atoms with E-state index in [-0.39, 0.29) is 21.9 Å². The molecule has 1 aliphatic heterocycles. The second kappa shape index (κ2) is 3.30. The van der Waals surface area contributed by atoms with Crippen molar-refractivity contribution in [2.45, 2.75) is 0 Å². The van der Waals surface area contributed by atoms with Gasteiger partial charge in [-0.1, -0.05) is 24.3 Å². The molecule has 2 bridgehead atoms. The van der Waals surface area contributed by atoms with Crippen molar-refractivity contribution in [2.24, 2.45) is 0 Å². The van der Waals surface area contributed by atoms with Crippen molar-refractivity contribution >= 4 is 33.5 Å². The van der Waals surface area contributed by atoms with Crippen LogP contribution < -0.4 is 11.3 Å². The molecule has 0 radical (unpaired) electrons. The van der Waals surface area contributed by atoms with Gasteiger partial charge in [0, 0.05) is 0 Å².